The summed E-state index contributed by atoms with van der Waals surface area (Å²) in [6, 6.07) is 38.4. The number of esters is 1. The number of carbonyl (C=O) groups excluding carboxylic acids is 3. The second-order valence-electron chi connectivity index (χ2n) is 17.1. The first-order chi connectivity index (χ1) is 32.0. The van der Waals surface area contributed by atoms with Gasteiger partial charge in [0.25, 0.3) is 11.8 Å². The molecular formula is C52H55N5O9. The Kier molecular flexibility index (Phi) is 14.5. The van der Waals surface area contributed by atoms with Crippen LogP contribution in [-0.4, -0.2) is 99.9 Å². The van der Waals surface area contributed by atoms with Gasteiger partial charge in [-0.05, 0) is 96.9 Å². The number of ether oxygens (including phenoxy) is 2. The highest BCUT2D eigenvalue weighted by atomic mass is 16.5. The number of carbonyl (C=O) groups is 3. The first kappa shape index (κ1) is 45.7. The van der Waals surface area contributed by atoms with Crippen molar-refractivity contribution in [2.75, 3.05) is 45.9 Å². The summed E-state index contributed by atoms with van der Waals surface area (Å²) in [6.45, 7) is 3.99. The molecule has 0 aliphatic carbocycles. The number of phenols is 1. The number of aromatic amines is 1. The summed E-state index contributed by atoms with van der Waals surface area (Å²) in [6.07, 6.45) is 1.42. The maximum atomic E-state index is 13.9. The van der Waals surface area contributed by atoms with Crippen molar-refractivity contribution in [3.63, 3.8) is 0 Å². The first-order valence-electron chi connectivity index (χ1n) is 22.4. The van der Waals surface area contributed by atoms with E-state index in [0.29, 0.717) is 53.9 Å². The number of hydrogen-bond acceptors (Lipinski definition) is 11. The summed E-state index contributed by atoms with van der Waals surface area (Å²) in [5, 5.41) is 39.9. The van der Waals surface area contributed by atoms with Crippen LogP contribution in [0.1, 0.15) is 63.5 Å². The topological polar surface area (TPSA) is 194 Å². The Hall–Kier alpha value is -6.84. The molecule has 8 rings (SSSR count). The third-order valence-electron chi connectivity index (χ3n) is 12.5. The minimum atomic E-state index is -2.12. The van der Waals surface area contributed by atoms with Crippen molar-refractivity contribution in [1.29, 1.82) is 0 Å². The lowest BCUT2D eigenvalue weighted by Gasteiger charge is -2.33. The number of phenolic OH excluding ortho intramolecular Hbond substituents is 1. The van der Waals surface area contributed by atoms with E-state index in [0.717, 1.165) is 38.0 Å². The van der Waals surface area contributed by atoms with Gasteiger partial charge in [-0.2, -0.15) is 0 Å². The molecule has 3 heterocycles. The lowest BCUT2D eigenvalue weighted by molar-refractivity contribution is -0.164. The number of pyridine rings is 1. The standard InChI is InChI=1S/C52H55N5O9/c58-45-20-18-43(44-19-21-47(60)55-49(44)45)46(59)30-53-29-35-14-16-38(17-15-35)50(62)57-27-24-41(32-57)54-48(61)34-65-42-13-7-12-40(28-42)52(64,39-10-5-2-6-11-39)51(63)66-33-37-22-25-56(26-23-37)31-36-8-3-1-4-9-36/h1-21,28,37,41,46,53,58-59,64H,22-27,29-34H2,(H,54,61)(H,55,60)/t41-,46+,52?/m1/s1. The van der Waals surface area contributed by atoms with E-state index in [1.165, 1.54) is 17.7 Å². The summed E-state index contributed by atoms with van der Waals surface area (Å²) in [4.78, 5) is 58.8. The second-order valence-corrected chi connectivity index (χ2v) is 17.1. The van der Waals surface area contributed by atoms with Gasteiger partial charge in [0, 0.05) is 61.3 Å². The zero-order valence-electron chi connectivity index (χ0n) is 36.6. The molecule has 2 amide bonds. The van der Waals surface area contributed by atoms with Gasteiger partial charge < -0.3 is 45.3 Å². The number of likely N-dealkylation sites (tertiary alicyclic amines) is 2. The molecule has 6 aromatic rings. The third-order valence-corrected chi connectivity index (χ3v) is 12.5. The summed E-state index contributed by atoms with van der Waals surface area (Å²) in [7, 11) is 0. The van der Waals surface area contributed by atoms with Gasteiger partial charge in [-0.25, -0.2) is 4.79 Å². The fourth-order valence-electron chi connectivity index (χ4n) is 8.78. The summed E-state index contributed by atoms with van der Waals surface area (Å²) in [5.74, 6) is -0.917. The molecule has 14 heteroatoms. The molecule has 342 valence electrons. The average molecular weight is 894 g/mol. The molecule has 1 aromatic heterocycles. The van der Waals surface area contributed by atoms with Crippen LogP contribution in [0.5, 0.6) is 11.5 Å². The molecule has 2 fully saturated rings. The van der Waals surface area contributed by atoms with E-state index < -0.39 is 17.7 Å². The van der Waals surface area contributed by atoms with Crippen molar-refractivity contribution in [2.24, 2.45) is 5.92 Å². The summed E-state index contributed by atoms with van der Waals surface area (Å²) < 4.78 is 11.7. The van der Waals surface area contributed by atoms with Gasteiger partial charge in [0.2, 0.25) is 11.2 Å². The molecule has 2 aliphatic rings. The van der Waals surface area contributed by atoms with Crippen LogP contribution in [0.4, 0.5) is 0 Å². The molecular weight excluding hydrogens is 839 g/mol. The van der Waals surface area contributed by atoms with Crippen molar-refractivity contribution < 1.29 is 39.2 Å². The molecule has 5 aromatic carbocycles. The number of aromatic hydroxyl groups is 1. The van der Waals surface area contributed by atoms with E-state index in [4.69, 9.17) is 9.47 Å². The van der Waals surface area contributed by atoms with E-state index in [1.807, 2.05) is 30.3 Å². The number of aromatic nitrogens is 1. The van der Waals surface area contributed by atoms with Crippen molar-refractivity contribution in [3.05, 3.63) is 177 Å². The van der Waals surface area contributed by atoms with Crippen LogP contribution >= 0.6 is 0 Å². The zero-order valence-corrected chi connectivity index (χ0v) is 36.6. The van der Waals surface area contributed by atoms with Gasteiger partial charge in [0.15, 0.2) is 6.61 Å². The Bertz CT molecular complexity index is 2670. The zero-order chi connectivity index (χ0) is 46.0. The fourth-order valence-corrected chi connectivity index (χ4v) is 8.78. The molecule has 6 N–H and O–H groups in total. The van der Waals surface area contributed by atoms with Gasteiger partial charge in [-0.15, -0.1) is 0 Å². The Balaban J connectivity index is 0.793. The number of nitrogens with one attached hydrogen (secondary N) is 3. The number of nitrogens with zero attached hydrogens (tertiary/aromatic N) is 2. The van der Waals surface area contributed by atoms with E-state index in [1.54, 1.807) is 83.8 Å². The number of aliphatic hydroxyl groups excluding tert-OH is 1. The van der Waals surface area contributed by atoms with E-state index in [2.05, 4.69) is 32.7 Å². The number of amides is 2. The Morgan fingerprint density at radius 2 is 1.53 bits per heavy atom. The van der Waals surface area contributed by atoms with E-state index in [9.17, 15) is 34.5 Å². The lowest BCUT2D eigenvalue weighted by atomic mass is 9.86. The molecule has 0 radical (unpaired) electrons. The van der Waals surface area contributed by atoms with Gasteiger partial charge >= 0.3 is 5.97 Å². The summed E-state index contributed by atoms with van der Waals surface area (Å²) >= 11 is 0. The lowest BCUT2D eigenvalue weighted by Crippen LogP contribution is -2.41. The van der Waals surface area contributed by atoms with Crippen LogP contribution in [0.2, 0.25) is 0 Å². The van der Waals surface area contributed by atoms with Gasteiger partial charge in [-0.3, -0.25) is 19.3 Å². The number of H-pyrrole nitrogens is 1. The quantitative estimate of drug-likeness (QED) is 0.0663. The molecule has 0 bridgehead atoms. The predicted molar refractivity (Wildman–Crippen MR) is 249 cm³/mol. The number of hydrogen-bond donors (Lipinski definition) is 6. The Morgan fingerprint density at radius 1 is 0.803 bits per heavy atom. The van der Waals surface area contributed by atoms with E-state index in [-0.39, 0.29) is 65.9 Å². The monoisotopic (exact) mass is 893 g/mol. The maximum Gasteiger partial charge on any atom is 0.347 e. The Labute approximate surface area is 382 Å². The molecule has 2 aliphatic heterocycles. The highest BCUT2D eigenvalue weighted by molar-refractivity contribution is 5.94. The first-order valence-corrected chi connectivity index (χ1v) is 22.4. The summed E-state index contributed by atoms with van der Waals surface area (Å²) in [5.41, 5.74) is 1.66. The molecule has 14 nitrogen and oxygen atoms in total. The number of piperidine rings is 1. The third kappa shape index (κ3) is 11.0. The molecule has 2 saturated heterocycles. The van der Waals surface area contributed by atoms with Crippen LogP contribution in [0, 0.1) is 5.92 Å². The maximum absolute atomic E-state index is 13.9. The van der Waals surface area contributed by atoms with Crippen LogP contribution in [0.3, 0.4) is 0 Å². The van der Waals surface area contributed by atoms with Crippen LogP contribution < -0.4 is 20.9 Å². The van der Waals surface area contributed by atoms with Crippen molar-refractivity contribution >= 4 is 28.7 Å². The highest BCUT2D eigenvalue weighted by Crippen LogP contribution is 2.34. The highest BCUT2D eigenvalue weighted by Gasteiger charge is 2.42. The largest absolute Gasteiger partial charge is 0.506 e. The molecule has 0 saturated carbocycles. The minimum absolute atomic E-state index is 0.0752. The predicted octanol–water partition coefficient (Wildman–Crippen LogP) is 5.16. The van der Waals surface area contributed by atoms with Crippen molar-refractivity contribution in [1.82, 2.24) is 25.4 Å². The number of aliphatic hydroxyl groups is 2. The van der Waals surface area contributed by atoms with E-state index >= 15 is 0 Å². The van der Waals surface area contributed by atoms with Gasteiger partial charge in [0.05, 0.1) is 18.2 Å². The SMILES string of the molecule is O=C(COc1cccc(C(O)(C(=O)OCC2CCN(Cc3ccccc3)CC2)c2ccccc2)c1)N[C@@H]1CCN(C(=O)c2ccc(CNC[C@H](O)c3ccc(O)c4[nH]c(=O)ccc34)cc2)C1. The smallest absolute Gasteiger partial charge is 0.347 e. The van der Waals surface area contributed by atoms with Gasteiger partial charge in [-0.1, -0.05) is 91.0 Å². The molecule has 1 unspecified atom stereocenters. The molecule has 66 heavy (non-hydrogen) atoms. The van der Waals surface area contributed by atoms with Crippen LogP contribution in [0.15, 0.2) is 138 Å². The average Bonchev–Trinajstić information content (AvgIpc) is 3.82. The fraction of sp³-hybridized carbons (Fsp3) is 0.308. The normalized spacial score (nSPS) is 16.9. The van der Waals surface area contributed by atoms with Crippen molar-refractivity contribution in [2.45, 2.75) is 50.1 Å². The Morgan fingerprint density at radius 3 is 2.29 bits per heavy atom. The van der Waals surface area contributed by atoms with Crippen molar-refractivity contribution in [3.8, 4) is 11.5 Å². The minimum Gasteiger partial charge on any atom is -0.506 e. The molecule has 0 spiro atoms. The molecule has 3 atom stereocenters. The number of fused-ring (bicyclic) bond motifs is 1. The number of rotatable bonds is 17. The van der Waals surface area contributed by atoms with Crippen LogP contribution in [-0.2, 0) is 33.0 Å². The van der Waals surface area contributed by atoms with Gasteiger partial charge in [0.1, 0.15) is 11.5 Å². The number of benzene rings is 5. The second kappa shape index (κ2) is 21.0. The van der Waals surface area contributed by atoms with Crippen LogP contribution in [0.25, 0.3) is 10.9 Å².